The van der Waals surface area contributed by atoms with Crippen LogP contribution in [0, 0.1) is 0 Å². The normalized spacial score (nSPS) is 12.9. The molecule has 0 radical (unpaired) electrons. The van der Waals surface area contributed by atoms with Gasteiger partial charge in [-0.05, 0) is 59.1 Å². The molecule has 0 aliphatic rings. The summed E-state index contributed by atoms with van der Waals surface area (Å²) in [5.74, 6) is -2.04. The molecule has 0 bridgehead atoms. The molecule has 0 fully saturated rings. The van der Waals surface area contributed by atoms with Crippen molar-refractivity contribution < 1.29 is 57.5 Å². The van der Waals surface area contributed by atoms with E-state index >= 15 is 0 Å². The van der Waals surface area contributed by atoms with Crippen LogP contribution in [0.2, 0.25) is 0 Å². The molecule has 0 saturated heterocycles. The molecule has 1 aromatic heterocycles. The molecular weight excluding hydrogens is 607 g/mol. The molecule has 1 heterocycles. The van der Waals surface area contributed by atoms with Gasteiger partial charge in [0.1, 0.15) is 5.69 Å². The number of alkyl halides is 12. The Balaban J connectivity index is 2.47. The monoisotopic (exact) mass is 620 g/mol. The van der Waals surface area contributed by atoms with E-state index in [1.165, 1.54) is 0 Å². The number of hydrogen-bond donors (Lipinski definition) is 2. The Morgan fingerprint density at radius 2 is 1.00 bits per heavy atom. The standard InChI is InChI=1S/C23H13F12N4OP/c24-20(25,26)10-4-11(21(27,28)29)7-14(6-10)41(17-3-1-2-16(38-17)18(40)39-19(36)37)15-8-12(22(30,31)32)5-13(9-15)23(33,34)35/h1-9H,(H4,36,37,39,40). The maximum atomic E-state index is 13.6. The zero-order valence-corrected chi connectivity index (χ0v) is 20.5. The molecule has 0 spiro atoms. The van der Waals surface area contributed by atoms with Crippen LogP contribution in [0.1, 0.15) is 32.7 Å². The average Bonchev–Trinajstić information content (AvgIpc) is 2.81. The number of benzene rings is 2. The first-order valence-electron chi connectivity index (χ1n) is 10.6. The summed E-state index contributed by atoms with van der Waals surface area (Å²) in [5, 5.41) is -1.93. The van der Waals surface area contributed by atoms with E-state index in [0.29, 0.717) is 0 Å². The number of aromatic nitrogens is 1. The van der Waals surface area contributed by atoms with E-state index in [9.17, 15) is 57.5 Å². The van der Waals surface area contributed by atoms with Crippen molar-refractivity contribution >= 4 is 35.8 Å². The number of rotatable bonds is 4. The van der Waals surface area contributed by atoms with Crippen LogP contribution in [0.25, 0.3) is 0 Å². The van der Waals surface area contributed by atoms with Crippen LogP contribution < -0.4 is 27.5 Å². The smallest absolute Gasteiger partial charge is 0.370 e. The zero-order valence-electron chi connectivity index (χ0n) is 19.6. The Bertz CT molecular complexity index is 1350. The van der Waals surface area contributed by atoms with Crippen LogP contribution in [-0.4, -0.2) is 16.9 Å². The van der Waals surface area contributed by atoms with E-state index in [1.54, 1.807) is 0 Å². The van der Waals surface area contributed by atoms with Crippen molar-refractivity contribution in [3.05, 3.63) is 82.5 Å². The highest BCUT2D eigenvalue weighted by Crippen LogP contribution is 2.42. The lowest BCUT2D eigenvalue weighted by Gasteiger charge is -2.23. The minimum atomic E-state index is -5.40. The van der Waals surface area contributed by atoms with Gasteiger partial charge in [0.25, 0.3) is 5.91 Å². The van der Waals surface area contributed by atoms with E-state index < -0.39 is 88.5 Å². The largest absolute Gasteiger partial charge is 0.416 e. The van der Waals surface area contributed by atoms with E-state index in [1.807, 2.05) is 0 Å². The second kappa shape index (κ2) is 10.8. The maximum Gasteiger partial charge on any atom is 0.416 e. The van der Waals surface area contributed by atoms with Gasteiger partial charge in [-0.3, -0.25) is 4.79 Å². The lowest BCUT2D eigenvalue weighted by Crippen LogP contribution is -2.28. The topological polar surface area (TPSA) is 94.4 Å². The van der Waals surface area contributed by atoms with Crippen LogP contribution in [0.3, 0.4) is 0 Å². The molecule has 2 aromatic carbocycles. The minimum Gasteiger partial charge on any atom is -0.370 e. The van der Waals surface area contributed by atoms with Gasteiger partial charge in [0, 0.05) is 7.92 Å². The predicted molar refractivity (Wildman–Crippen MR) is 123 cm³/mol. The first kappa shape index (κ1) is 31.6. The molecule has 0 saturated carbocycles. The van der Waals surface area contributed by atoms with Crippen molar-refractivity contribution in [2.45, 2.75) is 24.7 Å². The number of nitrogens with two attached hydrogens (primary N) is 2. The summed E-state index contributed by atoms with van der Waals surface area (Å²) in [5.41, 5.74) is 1.37. The van der Waals surface area contributed by atoms with Crippen molar-refractivity contribution in [1.82, 2.24) is 4.98 Å². The predicted octanol–water partition coefficient (Wildman–Crippen LogP) is 5.33. The third kappa shape index (κ3) is 7.65. The fourth-order valence-corrected chi connectivity index (χ4v) is 5.73. The number of nitrogens with zero attached hydrogens (tertiary/aromatic N) is 2. The van der Waals surface area contributed by atoms with Gasteiger partial charge in [0.05, 0.1) is 27.7 Å². The lowest BCUT2D eigenvalue weighted by molar-refractivity contribution is -0.144. The van der Waals surface area contributed by atoms with E-state index in [-0.39, 0.29) is 36.4 Å². The second-order valence-corrected chi connectivity index (χ2v) is 10.2. The molecular formula is C23H13F12N4OP. The Morgan fingerprint density at radius 1 is 0.634 bits per heavy atom. The summed E-state index contributed by atoms with van der Waals surface area (Å²) in [6.07, 6.45) is -21.6. The van der Waals surface area contributed by atoms with Gasteiger partial charge >= 0.3 is 24.7 Å². The molecule has 3 aromatic rings. The lowest BCUT2D eigenvalue weighted by atomic mass is 10.1. The molecule has 1 amide bonds. The number of aliphatic imine (C=N–C) groups is 1. The number of guanidine groups is 1. The highest BCUT2D eigenvalue weighted by molar-refractivity contribution is 7.79. The average molecular weight is 620 g/mol. The highest BCUT2D eigenvalue weighted by atomic mass is 31.1. The Morgan fingerprint density at radius 3 is 1.32 bits per heavy atom. The molecule has 4 N–H and O–H groups in total. The fourth-order valence-electron chi connectivity index (χ4n) is 3.39. The molecule has 0 aliphatic carbocycles. The number of carbonyl (C=O) groups is 1. The third-order valence-corrected chi connectivity index (χ3v) is 7.33. The first-order valence-corrected chi connectivity index (χ1v) is 11.9. The van der Waals surface area contributed by atoms with E-state index in [2.05, 4.69) is 9.98 Å². The fraction of sp³-hybridized carbons (Fsp3) is 0.174. The van der Waals surface area contributed by atoms with E-state index in [4.69, 9.17) is 11.5 Å². The molecule has 220 valence electrons. The summed E-state index contributed by atoms with van der Waals surface area (Å²) >= 11 is 0. The van der Waals surface area contributed by atoms with Crippen molar-refractivity contribution in [3.8, 4) is 0 Å². The summed E-state index contributed by atoms with van der Waals surface area (Å²) in [6, 6.07) is 2.92. The van der Waals surface area contributed by atoms with Gasteiger partial charge in [-0.2, -0.15) is 57.7 Å². The van der Waals surface area contributed by atoms with Gasteiger partial charge in [0.15, 0.2) is 5.96 Å². The van der Waals surface area contributed by atoms with Crippen LogP contribution in [0.4, 0.5) is 52.7 Å². The van der Waals surface area contributed by atoms with Gasteiger partial charge in [-0.15, -0.1) is 0 Å². The first-order chi connectivity index (χ1) is 18.6. The third-order valence-electron chi connectivity index (χ3n) is 5.07. The summed E-state index contributed by atoms with van der Waals surface area (Å²) in [7, 11) is -3.14. The summed E-state index contributed by atoms with van der Waals surface area (Å²) in [6.45, 7) is 0. The summed E-state index contributed by atoms with van der Waals surface area (Å²) in [4.78, 5) is 19.2. The molecule has 41 heavy (non-hydrogen) atoms. The number of amides is 1. The van der Waals surface area contributed by atoms with Gasteiger partial charge in [0.2, 0.25) is 0 Å². The van der Waals surface area contributed by atoms with Crippen molar-refractivity contribution in [1.29, 1.82) is 0 Å². The van der Waals surface area contributed by atoms with Crippen molar-refractivity contribution in [2.75, 3.05) is 0 Å². The number of carbonyl (C=O) groups excluding carboxylic acids is 1. The molecule has 18 heteroatoms. The number of halogens is 12. The Hall–Kier alpha value is -3.88. The quantitative estimate of drug-likeness (QED) is 0.179. The van der Waals surface area contributed by atoms with Crippen LogP contribution in [-0.2, 0) is 24.7 Å². The second-order valence-electron chi connectivity index (χ2n) is 8.09. The van der Waals surface area contributed by atoms with Crippen molar-refractivity contribution in [2.24, 2.45) is 16.5 Å². The Labute approximate surface area is 222 Å². The number of hydrogen-bond acceptors (Lipinski definition) is 2. The van der Waals surface area contributed by atoms with Gasteiger partial charge in [-0.25, -0.2) is 4.98 Å². The highest BCUT2D eigenvalue weighted by Gasteiger charge is 2.40. The Kier molecular flexibility index (Phi) is 8.36. The zero-order chi connectivity index (χ0) is 31.1. The SMILES string of the molecule is NC(N)=NC(=O)c1cccc(P(c2cc(C(F)(F)F)cc(C(F)(F)F)c2)c2cc(C(F)(F)F)cc(C(F)(F)F)c2)n1. The van der Waals surface area contributed by atoms with Crippen molar-refractivity contribution in [3.63, 3.8) is 0 Å². The summed E-state index contributed by atoms with van der Waals surface area (Å²) < 4.78 is 163. The molecule has 0 atom stereocenters. The number of pyridine rings is 1. The van der Waals surface area contributed by atoms with E-state index in [0.717, 1.165) is 18.2 Å². The van der Waals surface area contributed by atoms with Crippen LogP contribution >= 0.6 is 7.92 Å². The van der Waals surface area contributed by atoms with Crippen LogP contribution in [0.5, 0.6) is 0 Å². The van der Waals surface area contributed by atoms with Gasteiger partial charge in [-0.1, -0.05) is 6.07 Å². The van der Waals surface area contributed by atoms with Crippen LogP contribution in [0.15, 0.2) is 59.6 Å². The molecule has 0 unspecified atom stereocenters. The molecule has 3 rings (SSSR count). The molecule has 5 nitrogen and oxygen atoms in total. The maximum absolute atomic E-state index is 13.6. The minimum absolute atomic E-state index is 0.153. The van der Waals surface area contributed by atoms with Gasteiger partial charge < -0.3 is 11.5 Å². The molecule has 0 aliphatic heterocycles.